The molecule has 0 fully saturated rings. The largest absolute Gasteiger partial charge is 0.357 e. The molecule has 202 valence electrons. The normalized spacial score (nSPS) is 12.2. The van der Waals surface area contributed by atoms with E-state index in [1.807, 2.05) is 56.3 Å². The monoisotopic (exact) mass is 555 g/mol. The van der Waals surface area contributed by atoms with Crippen LogP contribution in [-0.2, 0) is 32.6 Å². The van der Waals surface area contributed by atoms with Gasteiger partial charge < -0.3 is 10.2 Å². The quantitative estimate of drug-likeness (QED) is 0.374. The molecule has 0 heterocycles. The molecule has 1 N–H and O–H groups in total. The van der Waals surface area contributed by atoms with Crippen LogP contribution in [0.1, 0.15) is 36.5 Å². The summed E-state index contributed by atoms with van der Waals surface area (Å²) < 4.78 is 26.7. The predicted octanol–water partition coefficient (Wildman–Crippen LogP) is 4.62. The van der Waals surface area contributed by atoms with E-state index >= 15 is 0 Å². The van der Waals surface area contributed by atoms with E-state index in [1.54, 1.807) is 36.4 Å². The van der Waals surface area contributed by atoms with Crippen molar-refractivity contribution in [1.29, 1.82) is 0 Å². The van der Waals surface area contributed by atoms with Gasteiger partial charge in [0.25, 0.3) is 0 Å². The predicted molar refractivity (Wildman–Crippen MR) is 153 cm³/mol. The number of benzene rings is 3. The fraction of sp³-hybridized carbons (Fsp3) is 0.310. The molecule has 1 unspecified atom stereocenters. The van der Waals surface area contributed by atoms with Crippen LogP contribution in [0.5, 0.6) is 0 Å². The van der Waals surface area contributed by atoms with Gasteiger partial charge in [0, 0.05) is 25.0 Å². The van der Waals surface area contributed by atoms with Crippen molar-refractivity contribution in [2.75, 3.05) is 24.2 Å². The highest BCUT2D eigenvalue weighted by Crippen LogP contribution is 2.23. The van der Waals surface area contributed by atoms with Gasteiger partial charge >= 0.3 is 0 Å². The summed E-state index contributed by atoms with van der Waals surface area (Å²) in [7, 11) is -2.28. The summed E-state index contributed by atoms with van der Waals surface area (Å²) in [6.07, 6.45) is 1.34. The van der Waals surface area contributed by atoms with E-state index in [9.17, 15) is 18.0 Å². The van der Waals surface area contributed by atoms with Gasteiger partial charge in [-0.05, 0) is 46.9 Å². The fourth-order valence-corrected chi connectivity index (χ4v) is 5.12. The first-order valence-electron chi connectivity index (χ1n) is 12.4. The zero-order valence-electron chi connectivity index (χ0n) is 22.1. The molecular formula is C29H34ClN3O4S. The number of carbonyl (C=O) groups is 2. The number of nitrogens with one attached hydrogen (secondary N) is 1. The van der Waals surface area contributed by atoms with Crippen LogP contribution < -0.4 is 9.62 Å². The van der Waals surface area contributed by atoms with Crippen LogP contribution in [0.15, 0.2) is 78.9 Å². The molecule has 3 aromatic carbocycles. The van der Waals surface area contributed by atoms with Crippen molar-refractivity contribution >= 4 is 39.1 Å². The van der Waals surface area contributed by atoms with E-state index in [4.69, 9.17) is 11.6 Å². The van der Waals surface area contributed by atoms with Crippen LogP contribution in [0.4, 0.5) is 5.69 Å². The lowest BCUT2D eigenvalue weighted by Gasteiger charge is -2.33. The molecule has 0 bridgehead atoms. The minimum atomic E-state index is -3.80. The highest BCUT2D eigenvalue weighted by Gasteiger charge is 2.32. The molecule has 0 aliphatic carbocycles. The molecule has 9 heteroatoms. The van der Waals surface area contributed by atoms with Crippen molar-refractivity contribution in [2.24, 2.45) is 0 Å². The summed E-state index contributed by atoms with van der Waals surface area (Å²) >= 11 is 6.05. The van der Waals surface area contributed by atoms with Gasteiger partial charge in [0.2, 0.25) is 21.8 Å². The number of carbonyl (C=O) groups excluding carboxylic acids is 2. The second-order valence-electron chi connectivity index (χ2n) is 9.48. The van der Waals surface area contributed by atoms with Crippen molar-refractivity contribution in [3.8, 4) is 0 Å². The molecule has 2 amide bonds. The molecule has 0 saturated heterocycles. The first kappa shape index (κ1) is 29.2. The van der Waals surface area contributed by atoms with E-state index in [0.717, 1.165) is 27.3 Å². The van der Waals surface area contributed by atoms with Crippen LogP contribution in [0, 0.1) is 0 Å². The third-order valence-corrected chi connectivity index (χ3v) is 7.70. The molecule has 7 nitrogen and oxygen atoms in total. The number of sulfonamides is 1. The summed E-state index contributed by atoms with van der Waals surface area (Å²) in [6, 6.07) is 22.6. The molecule has 0 saturated carbocycles. The van der Waals surface area contributed by atoms with E-state index in [2.05, 4.69) is 5.32 Å². The molecule has 3 aromatic rings. The maximum atomic E-state index is 13.9. The molecule has 0 aliphatic heterocycles. The van der Waals surface area contributed by atoms with Crippen molar-refractivity contribution in [3.63, 3.8) is 0 Å². The molecule has 1 atom stereocenters. The first-order chi connectivity index (χ1) is 18.0. The third kappa shape index (κ3) is 7.82. The maximum Gasteiger partial charge on any atom is 0.244 e. The Hall–Kier alpha value is -3.36. The molecule has 0 spiro atoms. The highest BCUT2D eigenvalue weighted by atomic mass is 35.5. The minimum Gasteiger partial charge on any atom is -0.357 e. The smallest absolute Gasteiger partial charge is 0.244 e. The van der Waals surface area contributed by atoms with Crippen LogP contribution in [0.25, 0.3) is 0 Å². The lowest BCUT2D eigenvalue weighted by Crippen LogP contribution is -2.52. The van der Waals surface area contributed by atoms with Gasteiger partial charge in [0.1, 0.15) is 12.6 Å². The Morgan fingerprint density at radius 1 is 0.895 bits per heavy atom. The second kappa shape index (κ2) is 12.9. The third-order valence-electron chi connectivity index (χ3n) is 6.31. The summed E-state index contributed by atoms with van der Waals surface area (Å²) in [5.41, 5.74) is 3.08. The lowest BCUT2D eigenvalue weighted by atomic mass is 10.0. The maximum absolute atomic E-state index is 13.9. The average Bonchev–Trinajstić information content (AvgIpc) is 2.89. The summed E-state index contributed by atoms with van der Waals surface area (Å²) in [5, 5.41) is 3.21. The average molecular weight is 556 g/mol. The first-order valence-corrected chi connectivity index (χ1v) is 14.6. The molecular weight excluding hydrogens is 522 g/mol. The molecule has 0 aromatic heterocycles. The van der Waals surface area contributed by atoms with Crippen LogP contribution in [-0.4, -0.2) is 51.0 Å². The van der Waals surface area contributed by atoms with Gasteiger partial charge in [-0.3, -0.25) is 13.9 Å². The highest BCUT2D eigenvalue weighted by molar-refractivity contribution is 7.92. The van der Waals surface area contributed by atoms with Gasteiger partial charge in [-0.25, -0.2) is 8.42 Å². The van der Waals surface area contributed by atoms with Crippen molar-refractivity contribution < 1.29 is 18.0 Å². The van der Waals surface area contributed by atoms with E-state index < -0.39 is 28.5 Å². The van der Waals surface area contributed by atoms with Crippen molar-refractivity contribution in [1.82, 2.24) is 10.2 Å². The Balaban J connectivity index is 2.00. The van der Waals surface area contributed by atoms with Gasteiger partial charge in [-0.2, -0.15) is 0 Å². The Kier molecular flexibility index (Phi) is 9.94. The molecule has 0 radical (unpaired) electrons. The van der Waals surface area contributed by atoms with E-state index in [0.29, 0.717) is 10.7 Å². The summed E-state index contributed by atoms with van der Waals surface area (Å²) in [4.78, 5) is 28.4. The fourth-order valence-electron chi connectivity index (χ4n) is 4.15. The zero-order chi connectivity index (χ0) is 27.9. The number of rotatable bonds is 11. The lowest BCUT2D eigenvalue weighted by molar-refractivity contribution is -0.139. The number of halogens is 1. The van der Waals surface area contributed by atoms with Gasteiger partial charge in [0.15, 0.2) is 0 Å². The van der Waals surface area contributed by atoms with E-state index in [-0.39, 0.29) is 24.8 Å². The van der Waals surface area contributed by atoms with Crippen molar-refractivity contribution in [2.45, 2.75) is 38.8 Å². The van der Waals surface area contributed by atoms with E-state index in [1.165, 1.54) is 11.9 Å². The summed E-state index contributed by atoms with van der Waals surface area (Å²) in [5.74, 6) is -0.565. The number of hydrogen-bond donors (Lipinski definition) is 1. The Bertz CT molecular complexity index is 1330. The standard InChI is InChI=1S/C29H34ClN3O4S/c1-21(2)24-12-16-26(17-13-24)33(38(4,36)37)20-28(34)32(19-23-10-14-25(30)15-11-23)27(29(35)31-3)18-22-8-6-5-7-9-22/h5-17,21,27H,18-20H2,1-4H3,(H,31,35). The van der Waals surface area contributed by atoms with Gasteiger partial charge in [0.05, 0.1) is 11.9 Å². The van der Waals surface area contributed by atoms with Gasteiger partial charge in [-0.1, -0.05) is 80.0 Å². The number of amides is 2. The Morgan fingerprint density at radius 3 is 2.03 bits per heavy atom. The van der Waals surface area contributed by atoms with Crippen LogP contribution >= 0.6 is 11.6 Å². The SMILES string of the molecule is CNC(=O)C(Cc1ccccc1)N(Cc1ccc(Cl)cc1)C(=O)CN(c1ccc(C(C)C)cc1)S(C)(=O)=O. The minimum absolute atomic E-state index is 0.102. The van der Waals surface area contributed by atoms with Crippen LogP contribution in [0.2, 0.25) is 5.02 Å². The Labute approximate surface area is 230 Å². The number of likely N-dealkylation sites (N-methyl/N-ethyl adjacent to an activating group) is 1. The molecule has 38 heavy (non-hydrogen) atoms. The van der Waals surface area contributed by atoms with Crippen molar-refractivity contribution in [3.05, 3.63) is 101 Å². The van der Waals surface area contributed by atoms with Crippen LogP contribution in [0.3, 0.4) is 0 Å². The molecule has 0 aliphatic rings. The summed E-state index contributed by atoms with van der Waals surface area (Å²) in [6.45, 7) is 3.75. The number of nitrogens with zero attached hydrogens (tertiary/aromatic N) is 2. The number of hydrogen-bond acceptors (Lipinski definition) is 4. The second-order valence-corrected chi connectivity index (χ2v) is 11.8. The molecule has 3 rings (SSSR count). The Morgan fingerprint density at radius 2 is 1.50 bits per heavy atom. The number of anilines is 1. The van der Waals surface area contributed by atoms with Gasteiger partial charge in [-0.15, -0.1) is 0 Å². The topological polar surface area (TPSA) is 86.8 Å². The zero-order valence-corrected chi connectivity index (χ0v) is 23.7.